The molecule has 0 saturated carbocycles. The first-order valence-corrected chi connectivity index (χ1v) is 14.7. The molecule has 0 aliphatic rings. The fourth-order valence-corrected chi connectivity index (χ4v) is 5.99. The highest BCUT2D eigenvalue weighted by molar-refractivity contribution is 8.00. The summed E-state index contributed by atoms with van der Waals surface area (Å²) in [5, 5.41) is 12.6. The van der Waals surface area contributed by atoms with Crippen LogP contribution in [0, 0.1) is 20.8 Å². The number of para-hydroxylation sites is 1. The van der Waals surface area contributed by atoms with Crippen LogP contribution in [-0.2, 0) is 10.2 Å². The van der Waals surface area contributed by atoms with Crippen LogP contribution in [0.3, 0.4) is 0 Å². The van der Waals surface area contributed by atoms with Crippen LogP contribution in [0.1, 0.15) is 53.8 Å². The largest absolute Gasteiger partial charge is 0.325 e. The zero-order chi connectivity index (χ0) is 29.1. The third kappa shape index (κ3) is 6.44. The lowest BCUT2D eigenvalue weighted by Gasteiger charge is -2.20. The van der Waals surface area contributed by atoms with Gasteiger partial charge in [-0.3, -0.25) is 9.36 Å². The summed E-state index contributed by atoms with van der Waals surface area (Å²) in [5.41, 5.74) is 8.24. The summed E-state index contributed by atoms with van der Waals surface area (Å²) in [6.07, 6.45) is 0. The minimum Gasteiger partial charge on any atom is -0.325 e. The molecule has 5 rings (SSSR count). The van der Waals surface area contributed by atoms with E-state index in [4.69, 9.17) is 0 Å². The minimum absolute atomic E-state index is 0.0509. The van der Waals surface area contributed by atoms with E-state index in [2.05, 4.69) is 90.2 Å². The molecule has 1 atom stereocenters. The van der Waals surface area contributed by atoms with Gasteiger partial charge < -0.3 is 5.32 Å². The topological polar surface area (TPSA) is 59.8 Å². The van der Waals surface area contributed by atoms with Crippen LogP contribution < -0.4 is 5.32 Å². The van der Waals surface area contributed by atoms with E-state index in [1.54, 1.807) is 0 Å². The van der Waals surface area contributed by atoms with Crippen molar-refractivity contribution in [3.63, 3.8) is 0 Å². The van der Waals surface area contributed by atoms with E-state index in [1.807, 2.05) is 68.4 Å². The molecule has 1 N–H and O–H groups in total. The van der Waals surface area contributed by atoms with Gasteiger partial charge in [-0.2, -0.15) is 0 Å². The second-order valence-corrected chi connectivity index (χ2v) is 12.6. The van der Waals surface area contributed by atoms with Crippen LogP contribution in [0.5, 0.6) is 0 Å². The number of nitrogens with zero attached hydrogens (tertiary/aromatic N) is 3. The molecule has 0 unspecified atom stereocenters. The summed E-state index contributed by atoms with van der Waals surface area (Å²) in [6, 6.07) is 32.7. The third-order valence-electron chi connectivity index (χ3n) is 7.05. The monoisotopic (exact) mass is 560 g/mol. The van der Waals surface area contributed by atoms with Crippen molar-refractivity contribution in [2.45, 2.75) is 57.4 Å². The van der Waals surface area contributed by atoms with Gasteiger partial charge in [0.2, 0.25) is 5.91 Å². The average molecular weight is 561 g/mol. The number of nitrogens with one attached hydrogen (secondary N) is 1. The van der Waals surface area contributed by atoms with Gasteiger partial charge in [-0.25, -0.2) is 0 Å². The van der Waals surface area contributed by atoms with Gasteiger partial charge >= 0.3 is 0 Å². The molecule has 0 fully saturated rings. The number of thioether (sulfide) groups is 1. The maximum absolute atomic E-state index is 13.9. The fraction of sp³-hybridized carbons (Fsp3) is 0.229. The summed E-state index contributed by atoms with van der Waals surface area (Å²) < 4.78 is 2.08. The van der Waals surface area contributed by atoms with Crippen LogP contribution in [0.15, 0.2) is 102 Å². The third-order valence-corrected chi connectivity index (χ3v) is 8.25. The lowest BCUT2D eigenvalue weighted by atomic mass is 9.87. The minimum atomic E-state index is -0.542. The molecule has 1 heterocycles. The van der Waals surface area contributed by atoms with E-state index in [0.717, 1.165) is 45.0 Å². The van der Waals surface area contributed by atoms with Crippen molar-refractivity contribution in [3.8, 4) is 17.1 Å². The highest BCUT2D eigenvalue weighted by Crippen LogP contribution is 2.39. The molecule has 0 spiro atoms. The SMILES string of the molecule is Cc1cc(C)cc(NC(=O)[C@H](Sc2nnc(-c3ccc(C(C)(C)C)cc3)n2-c2ccccc2C)c2ccccc2)c1. The number of rotatable bonds is 7. The van der Waals surface area contributed by atoms with Crippen molar-refractivity contribution in [1.29, 1.82) is 0 Å². The number of carbonyl (C=O) groups excluding carboxylic acids is 1. The van der Waals surface area contributed by atoms with Crippen molar-refractivity contribution in [3.05, 3.63) is 125 Å². The zero-order valence-electron chi connectivity index (χ0n) is 24.5. The molecule has 4 aromatic carbocycles. The molecule has 5 nitrogen and oxygen atoms in total. The second kappa shape index (κ2) is 11.8. The van der Waals surface area contributed by atoms with Crippen LogP contribution in [0.25, 0.3) is 17.1 Å². The van der Waals surface area contributed by atoms with Crippen molar-refractivity contribution in [2.24, 2.45) is 0 Å². The number of aromatic nitrogens is 3. The first kappa shape index (κ1) is 28.4. The predicted octanol–water partition coefficient (Wildman–Crippen LogP) is 8.63. The Morgan fingerprint density at radius 1 is 0.805 bits per heavy atom. The standard InChI is InChI=1S/C35H36N4OS/c1-23-20-24(2)22-29(21-23)36-33(40)31(26-13-8-7-9-14-26)41-34-38-37-32(39(34)30-15-11-10-12-25(30)3)27-16-18-28(19-17-27)35(4,5)6/h7-22,31H,1-6H3,(H,36,40)/t31-/m1/s1. The Labute approximate surface area is 247 Å². The zero-order valence-corrected chi connectivity index (χ0v) is 25.3. The molecule has 208 valence electrons. The molecule has 0 saturated heterocycles. The van der Waals surface area contributed by atoms with E-state index >= 15 is 0 Å². The first-order valence-electron chi connectivity index (χ1n) is 13.8. The predicted molar refractivity (Wildman–Crippen MR) is 170 cm³/mol. The maximum Gasteiger partial charge on any atom is 0.242 e. The summed E-state index contributed by atoms with van der Waals surface area (Å²) >= 11 is 1.41. The van der Waals surface area contributed by atoms with E-state index in [1.165, 1.54) is 17.3 Å². The number of amides is 1. The lowest BCUT2D eigenvalue weighted by molar-refractivity contribution is -0.115. The van der Waals surface area contributed by atoms with Crippen LogP contribution in [0.2, 0.25) is 0 Å². The van der Waals surface area contributed by atoms with Crippen molar-refractivity contribution in [1.82, 2.24) is 14.8 Å². The van der Waals surface area contributed by atoms with E-state index in [0.29, 0.717) is 5.16 Å². The maximum atomic E-state index is 13.9. The number of aryl methyl sites for hydroxylation is 3. The van der Waals surface area contributed by atoms with Gasteiger partial charge in [-0.1, -0.05) is 111 Å². The van der Waals surface area contributed by atoms with Gasteiger partial charge in [0, 0.05) is 11.3 Å². The molecule has 0 aliphatic carbocycles. The van der Waals surface area contributed by atoms with E-state index in [-0.39, 0.29) is 11.3 Å². The molecule has 1 aromatic heterocycles. The van der Waals surface area contributed by atoms with Crippen LogP contribution >= 0.6 is 11.8 Å². The Bertz CT molecular complexity index is 1650. The average Bonchev–Trinajstić information content (AvgIpc) is 3.34. The number of hydrogen-bond acceptors (Lipinski definition) is 4. The highest BCUT2D eigenvalue weighted by atomic mass is 32.2. The van der Waals surface area contributed by atoms with Crippen molar-refractivity contribution < 1.29 is 4.79 Å². The van der Waals surface area contributed by atoms with E-state index in [9.17, 15) is 4.79 Å². The van der Waals surface area contributed by atoms with Gasteiger partial charge in [0.25, 0.3) is 0 Å². The summed E-state index contributed by atoms with van der Waals surface area (Å²) in [6.45, 7) is 12.8. The quantitative estimate of drug-likeness (QED) is 0.202. The van der Waals surface area contributed by atoms with Crippen LogP contribution in [-0.4, -0.2) is 20.7 Å². The molecular weight excluding hydrogens is 524 g/mol. The van der Waals surface area contributed by atoms with Crippen molar-refractivity contribution >= 4 is 23.4 Å². The number of hydrogen-bond donors (Lipinski definition) is 1. The Balaban J connectivity index is 1.58. The summed E-state index contributed by atoms with van der Waals surface area (Å²) in [5.74, 6) is 0.630. The Morgan fingerprint density at radius 3 is 2.07 bits per heavy atom. The normalized spacial score (nSPS) is 12.2. The smallest absolute Gasteiger partial charge is 0.242 e. The van der Waals surface area contributed by atoms with Gasteiger partial charge in [0.15, 0.2) is 11.0 Å². The lowest BCUT2D eigenvalue weighted by Crippen LogP contribution is -2.19. The second-order valence-electron chi connectivity index (χ2n) is 11.5. The molecule has 6 heteroatoms. The van der Waals surface area contributed by atoms with Crippen molar-refractivity contribution in [2.75, 3.05) is 5.32 Å². The summed E-state index contributed by atoms with van der Waals surface area (Å²) in [7, 11) is 0. The Morgan fingerprint density at radius 2 is 1.44 bits per heavy atom. The molecule has 5 aromatic rings. The first-order chi connectivity index (χ1) is 19.6. The molecule has 41 heavy (non-hydrogen) atoms. The van der Waals surface area contributed by atoms with Gasteiger partial charge in [0.1, 0.15) is 5.25 Å². The van der Waals surface area contributed by atoms with E-state index < -0.39 is 5.25 Å². The number of anilines is 1. The van der Waals surface area contributed by atoms with Gasteiger partial charge in [-0.15, -0.1) is 10.2 Å². The number of benzene rings is 4. The molecule has 1 amide bonds. The highest BCUT2D eigenvalue weighted by Gasteiger charge is 2.27. The Hall–Kier alpha value is -4.16. The summed E-state index contributed by atoms with van der Waals surface area (Å²) in [4.78, 5) is 13.9. The van der Waals surface area contributed by atoms with Gasteiger partial charge in [0.05, 0.1) is 5.69 Å². The number of carbonyl (C=O) groups is 1. The van der Waals surface area contributed by atoms with Gasteiger partial charge in [-0.05, 0) is 72.2 Å². The molecular formula is C35H36N4OS. The molecule has 0 radical (unpaired) electrons. The molecule has 0 bridgehead atoms. The van der Waals surface area contributed by atoms with Crippen LogP contribution in [0.4, 0.5) is 5.69 Å². The molecule has 0 aliphatic heterocycles. The Kier molecular flexibility index (Phi) is 8.13. The fourth-order valence-electron chi connectivity index (χ4n) is 4.94.